The molecule has 1 nitrogen and oxygen atoms in total. The number of anilines is 3. The monoisotopic (exact) mass is 679 g/mol. The molecule has 10 rings (SSSR count). The predicted octanol–water partition coefficient (Wildman–Crippen LogP) is 14.8. The SMILES string of the molecule is c1ccc(-c2ccc(N(c3ccc4c(c3)c(-c3ccccc3)c(-c3ccccc3)c3ccccc34)c3cccc4c3sc3ccccc34)cc2)cc1. The Kier molecular flexibility index (Phi) is 7.41. The Balaban J connectivity index is 1.28. The first-order valence-electron chi connectivity index (χ1n) is 17.8. The number of rotatable bonds is 6. The maximum absolute atomic E-state index is 2.46. The van der Waals surface area contributed by atoms with E-state index < -0.39 is 0 Å². The Bertz CT molecular complexity index is 2870. The molecule has 0 N–H and O–H groups in total. The van der Waals surface area contributed by atoms with Gasteiger partial charge < -0.3 is 4.90 Å². The van der Waals surface area contributed by atoms with Crippen LogP contribution in [-0.4, -0.2) is 0 Å². The van der Waals surface area contributed by atoms with Gasteiger partial charge in [-0.1, -0.05) is 164 Å². The van der Waals surface area contributed by atoms with Gasteiger partial charge in [-0.05, 0) is 91.3 Å². The van der Waals surface area contributed by atoms with Crippen LogP contribution in [0, 0.1) is 0 Å². The van der Waals surface area contributed by atoms with E-state index in [1.807, 2.05) is 11.3 Å². The van der Waals surface area contributed by atoms with E-state index in [9.17, 15) is 0 Å². The van der Waals surface area contributed by atoms with Crippen LogP contribution in [0.3, 0.4) is 0 Å². The topological polar surface area (TPSA) is 3.24 Å². The number of benzene rings is 9. The largest absolute Gasteiger partial charge is 0.309 e. The lowest BCUT2D eigenvalue weighted by molar-refractivity contribution is 1.31. The quantitative estimate of drug-likeness (QED) is 0.158. The highest BCUT2D eigenvalue weighted by Crippen LogP contribution is 2.49. The van der Waals surface area contributed by atoms with Crippen molar-refractivity contribution in [1.29, 1.82) is 0 Å². The summed E-state index contributed by atoms with van der Waals surface area (Å²) in [6, 6.07) is 72.9. The Morgan fingerprint density at radius 2 is 0.808 bits per heavy atom. The smallest absolute Gasteiger partial charge is 0.0640 e. The molecule has 0 bridgehead atoms. The van der Waals surface area contributed by atoms with E-state index in [2.05, 4.69) is 205 Å². The lowest BCUT2D eigenvalue weighted by Crippen LogP contribution is -2.10. The van der Waals surface area contributed by atoms with E-state index in [0.29, 0.717) is 0 Å². The van der Waals surface area contributed by atoms with Gasteiger partial charge in [-0.15, -0.1) is 11.3 Å². The molecule has 0 aliphatic heterocycles. The van der Waals surface area contributed by atoms with Crippen LogP contribution in [0.2, 0.25) is 0 Å². The maximum Gasteiger partial charge on any atom is 0.0640 e. The van der Waals surface area contributed by atoms with Crippen LogP contribution in [0.5, 0.6) is 0 Å². The van der Waals surface area contributed by atoms with Gasteiger partial charge in [-0.2, -0.15) is 0 Å². The van der Waals surface area contributed by atoms with Crippen molar-refractivity contribution in [2.24, 2.45) is 0 Å². The summed E-state index contributed by atoms with van der Waals surface area (Å²) in [4.78, 5) is 2.46. The third-order valence-corrected chi connectivity index (χ3v) is 11.5. The fourth-order valence-corrected chi connectivity index (χ4v) is 9.10. The van der Waals surface area contributed by atoms with Gasteiger partial charge in [0.25, 0.3) is 0 Å². The lowest BCUT2D eigenvalue weighted by Gasteiger charge is -2.27. The summed E-state index contributed by atoms with van der Waals surface area (Å²) < 4.78 is 2.58. The second-order valence-electron chi connectivity index (χ2n) is 13.3. The Morgan fingerprint density at radius 1 is 0.308 bits per heavy atom. The molecule has 2 heteroatoms. The Morgan fingerprint density at radius 3 is 1.50 bits per heavy atom. The van der Waals surface area contributed by atoms with Crippen molar-refractivity contribution in [2.45, 2.75) is 0 Å². The van der Waals surface area contributed by atoms with E-state index in [-0.39, 0.29) is 0 Å². The zero-order valence-corrected chi connectivity index (χ0v) is 29.2. The average molecular weight is 680 g/mol. The van der Waals surface area contributed by atoms with E-state index in [1.54, 1.807) is 0 Å². The fourth-order valence-electron chi connectivity index (χ4n) is 7.90. The number of fused-ring (bicyclic) bond motifs is 6. The van der Waals surface area contributed by atoms with E-state index >= 15 is 0 Å². The zero-order chi connectivity index (χ0) is 34.4. The molecule has 0 spiro atoms. The van der Waals surface area contributed by atoms with E-state index in [1.165, 1.54) is 80.8 Å². The third kappa shape index (κ3) is 5.07. The second kappa shape index (κ2) is 12.7. The fraction of sp³-hybridized carbons (Fsp3) is 0. The van der Waals surface area contributed by atoms with Crippen molar-refractivity contribution in [3.8, 4) is 33.4 Å². The summed E-state index contributed by atoms with van der Waals surface area (Å²) in [5.74, 6) is 0. The molecule has 0 atom stereocenters. The highest BCUT2D eigenvalue weighted by molar-refractivity contribution is 7.26. The van der Waals surface area contributed by atoms with Gasteiger partial charge in [0.15, 0.2) is 0 Å². The van der Waals surface area contributed by atoms with Gasteiger partial charge >= 0.3 is 0 Å². The van der Waals surface area contributed by atoms with Crippen molar-refractivity contribution in [3.63, 3.8) is 0 Å². The van der Waals surface area contributed by atoms with Crippen LogP contribution >= 0.6 is 11.3 Å². The van der Waals surface area contributed by atoms with Crippen LogP contribution in [0.4, 0.5) is 17.1 Å². The highest BCUT2D eigenvalue weighted by atomic mass is 32.1. The van der Waals surface area contributed by atoms with Gasteiger partial charge in [0.1, 0.15) is 0 Å². The van der Waals surface area contributed by atoms with Crippen molar-refractivity contribution in [3.05, 3.63) is 200 Å². The average Bonchev–Trinajstić information content (AvgIpc) is 3.61. The molecule has 0 unspecified atom stereocenters. The molecule has 244 valence electrons. The molecule has 0 aliphatic rings. The van der Waals surface area contributed by atoms with Gasteiger partial charge in [0.2, 0.25) is 0 Å². The number of nitrogens with zero attached hydrogens (tertiary/aromatic N) is 1. The maximum atomic E-state index is 2.46. The summed E-state index contributed by atoms with van der Waals surface area (Å²) in [5, 5.41) is 7.58. The minimum absolute atomic E-state index is 1.12. The van der Waals surface area contributed by atoms with Crippen LogP contribution in [0.25, 0.3) is 75.1 Å². The number of thiophene rings is 1. The molecular weight excluding hydrogens is 647 g/mol. The predicted molar refractivity (Wildman–Crippen MR) is 225 cm³/mol. The molecule has 0 aliphatic carbocycles. The molecular formula is C50H33NS. The van der Waals surface area contributed by atoms with Crippen LogP contribution in [0.1, 0.15) is 0 Å². The Hall–Kier alpha value is -6.48. The molecule has 1 aromatic heterocycles. The van der Waals surface area contributed by atoms with Crippen molar-refractivity contribution in [1.82, 2.24) is 0 Å². The molecule has 0 saturated heterocycles. The number of hydrogen-bond donors (Lipinski definition) is 0. The highest BCUT2D eigenvalue weighted by Gasteiger charge is 2.22. The lowest BCUT2D eigenvalue weighted by atomic mass is 9.85. The van der Waals surface area contributed by atoms with Gasteiger partial charge in [-0.25, -0.2) is 0 Å². The summed E-state index contributed by atoms with van der Waals surface area (Å²) in [6.45, 7) is 0. The molecule has 9 aromatic carbocycles. The zero-order valence-electron chi connectivity index (χ0n) is 28.4. The first-order valence-corrected chi connectivity index (χ1v) is 18.6. The first-order chi connectivity index (χ1) is 25.8. The molecule has 0 fully saturated rings. The van der Waals surface area contributed by atoms with Gasteiger partial charge in [-0.3, -0.25) is 0 Å². The molecule has 1 heterocycles. The van der Waals surface area contributed by atoms with E-state index in [0.717, 1.165) is 11.4 Å². The van der Waals surface area contributed by atoms with E-state index in [4.69, 9.17) is 0 Å². The van der Waals surface area contributed by atoms with Crippen LogP contribution < -0.4 is 4.90 Å². The minimum atomic E-state index is 1.12. The Labute approximate surface area is 307 Å². The van der Waals surface area contributed by atoms with Crippen molar-refractivity contribution in [2.75, 3.05) is 4.90 Å². The van der Waals surface area contributed by atoms with Gasteiger partial charge in [0.05, 0.1) is 10.4 Å². The molecule has 0 radical (unpaired) electrons. The third-order valence-electron chi connectivity index (χ3n) is 10.2. The summed E-state index contributed by atoms with van der Waals surface area (Å²) in [5.41, 5.74) is 10.8. The van der Waals surface area contributed by atoms with Gasteiger partial charge in [0, 0.05) is 26.8 Å². The molecule has 10 aromatic rings. The van der Waals surface area contributed by atoms with Crippen molar-refractivity contribution < 1.29 is 0 Å². The molecule has 0 amide bonds. The molecule has 52 heavy (non-hydrogen) atoms. The summed E-state index contributed by atoms with van der Waals surface area (Å²) in [7, 11) is 0. The van der Waals surface area contributed by atoms with Crippen LogP contribution in [0.15, 0.2) is 200 Å². The second-order valence-corrected chi connectivity index (χ2v) is 14.3. The first kappa shape index (κ1) is 30.4. The van der Waals surface area contributed by atoms with Crippen molar-refractivity contribution >= 4 is 70.1 Å². The minimum Gasteiger partial charge on any atom is -0.309 e. The summed E-state index contributed by atoms with van der Waals surface area (Å²) in [6.07, 6.45) is 0. The van der Waals surface area contributed by atoms with Crippen LogP contribution in [-0.2, 0) is 0 Å². The summed E-state index contributed by atoms with van der Waals surface area (Å²) >= 11 is 1.87. The number of hydrogen-bond acceptors (Lipinski definition) is 2. The normalized spacial score (nSPS) is 11.5. The molecule has 0 saturated carbocycles. The standard InChI is InChI=1S/C50H33NS/c1-4-15-34(16-5-1)35-27-29-38(30-28-35)51(46-25-14-24-44-42-22-12-13-26-47(42)52-50(44)46)39-31-32-41-40-21-10-11-23-43(40)48(36-17-6-2-7-18-36)49(45(41)33-39)37-19-8-3-9-20-37/h1-33H.